The molecular formula is C18H18Cl2N2OS2. The van der Waals surface area contributed by atoms with Crippen molar-refractivity contribution in [3.63, 3.8) is 0 Å². The third-order valence-corrected chi connectivity index (χ3v) is 7.83. The predicted molar refractivity (Wildman–Crippen MR) is 105 cm³/mol. The van der Waals surface area contributed by atoms with Crippen LogP contribution in [0.1, 0.15) is 22.5 Å². The molecule has 2 bridgehead atoms. The molecule has 7 heteroatoms. The Morgan fingerprint density at radius 2 is 1.96 bits per heavy atom. The Kier molecular flexibility index (Phi) is 5.30. The summed E-state index contributed by atoms with van der Waals surface area (Å²) in [5.41, 5.74) is 0. The van der Waals surface area contributed by atoms with Crippen molar-refractivity contribution in [1.82, 2.24) is 10.2 Å². The van der Waals surface area contributed by atoms with Crippen LogP contribution in [0.4, 0.5) is 0 Å². The number of hydrogen-bond donors (Lipinski definition) is 1. The first kappa shape index (κ1) is 17.7. The van der Waals surface area contributed by atoms with Crippen LogP contribution in [0.3, 0.4) is 0 Å². The Balaban J connectivity index is 1.40. The number of benzene rings is 1. The Hall–Kier alpha value is -0.720. The van der Waals surface area contributed by atoms with Crippen molar-refractivity contribution < 1.29 is 4.79 Å². The van der Waals surface area contributed by atoms with Gasteiger partial charge in [0, 0.05) is 17.5 Å². The highest BCUT2D eigenvalue weighted by Gasteiger charge is 2.35. The van der Waals surface area contributed by atoms with Crippen LogP contribution >= 0.6 is 46.3 Å². The van der Waals surface area contributed by atoms with Gasteiger partial charge in [0.15, 0.2) is 0 Å². The summed E-state index contributed by atoms with van der Waals surface area (Å²) in [7, 11) is 0. The first-order chi connectivity index (χ1) is 12.1. The minimum absolute atomic E-state index is 0.0461. The quantitative estimate of drug-likeness (QED) is 0.763. The number of hydrogen-bond acceptors (Lipinski definition) is 4. The molecule has 1 aromatic carbocycles. The van der Waals surface area contributed by atoms with Gasteiger partial charge in [-0.15, -0.1) is 11.3 Å². The van der Waals surface area contributed by atoms with Crippen molar-refractivity contribution in [2.24, 2.45) is 5.92 Å². The number of rotatable bonds is 4. The molecule has 0 unspecified atom stereocenters. The molecule has 1 amide bonds. The number of thiophene rings is 1. The number of carbonyl (C=O) groups is 1. The molecule has 0 saturated carbocycles. The topological polar surface area (TPSA) is 32.3 Å². The van der Waals surface area contributed by atoms with Crippen LogP contribution in [0.25, 0.3) is 0 Å². The van der Waals surface area contributed by atoms with Crippen molar-refractivity contribution in [2.45, 2.75) is 28.0 Å². The molecule has 3 aliphatic rings. The van der Waals surface area contributed by atoms with E-state index in [1.165, 1.54) is 37.3 Å². The minimum Gasteiger partial charge on any atom is -0.347 e. The lowest BCUT2D eigenvalue weighted by Crippen LogP contribution is -2.57. The standard InChI is InChI=1S/C18H18Cl2N2OS2/c19-13-2-1-12(9-14(13)20)24-17-4-3-16(25-17)18(23)21-15-10-22-7-5-11(15)6-8-22/h1-4,9,11,15H,5-8,10H2,(H,21,23)/t15-/m0/s1. The molecule has 5 rings (SSSR count). The zero-order chi connectivity index (χ0) is 17.4. The SMILES string of the molecule is O=C(N[C@H]1CN2CCC1CC2)c1ccc(Sc2ccc(Cl)c(Cl)c2)s1. The average Bonchev–Trinajstić information content (AvgIpc) is 3.08. The van der Waals surface area contributed by atoms with Crippen LogP contribution in [-0.2, 0) is 0 Å². The van der Waals surface area contributed by atoms with E-state index in [1.807, 2.05) is 24.3 Å². The van der Waals surface area contributed by atoms with Gasteiger partial charge in [-0.05, 0) is 62.2 Å². The molecule has 0 radical (unpaired) electrons. The minimum atomic E-state index is 0.0461. The average molecular weight is 413 g/mol. The van der Waals surface area contributed by atoms with Gasteiger partial charge in [0.2, 0.25) is 0 Å². The van der Waals surface area contributed by atoms with E-state index < -0.39 is 0 Å². The van der Waals surface area contributed by atoms with E-state index in [0.29, 0.717) is 22.0 Å². The van der Waals surface area contributed by atoms with Gasteiger partial charge in [-0.2, -0.15) is 0 Å². The van der Waals surface area contributed by atoms with Gasteiger partial charge in [-0.25, -0.2) is 0 Å². The maximum atomic E-state index is 12.6. The second kappa shape index (κ2) is 7.49. The molecule has 1 atom stereocenters. The van der Waals surface area contributed by atoms with Gasteiger partial charge in [0.1, 0.15) is 0 Å². The summed E-state index contributed by atoms with van der Waals surface area (Å²) < 4.78 is 1.07. The van der Waals surface area contributed by atoms with Gasteiger partial charge in [-0.3, -0.25) is 4.79 Å². The lowest BCUT2D eigenvalue weighted by Gasteiger charge is -2.44. The van der Waals surface area contributed by atoms with Gasteiger partial charge >= 0.3 is 0 Å². The van der Waals surface area contributed by atoms with E-state index in [4.69, 9.17) is 23.2 Å². The van der Waals surface area contributed by atoms with Crippen LogP contribution in [0, 0.1) is 5.92 Å². The zero-order valence-electron chi connectivity index (χ0n) is 13.5. The predicted octanol–water partition coefficient (Wildman–Crippen LogP) is 5.03. The van der Waals surface area contributed by atoms with E-state index in [0.717, 1.165) is 20.5 Å². The molecule has 3 aliphatic heterocycles. The summed E-state index contributed by atoms with van der Waals surface area (Å²) >= 11 is 15.1. The maximum Gasteiger partial charge on any atom is 0.261 e. The zero-order valence-corrected chi connectivity index (χ0v) is 16.6. The van der Waals surface area contributed by atoms with Gasteiger partial charge in [0.05, 0.1) is 19.1 Å². The van der Waals surface area contributed by atoms with E-state index >= 15 is 0 Å². The van der Waals surface area contributed by atoms with Gasteiger partial charge < -0.3 is 10.2 Å². The van der Waals surface area contributed by atoms with E-state index in [2.05, 4.69) is 10.2 Å². The highest BCUT2D eigenvalue weighted by Crippen LogP contribution is 2.36. The van der Waals surface area contributed by atoms with Crippen molar-refractivity contribution >= 4 is 52.2 Å². The Bertz CT molecular complexity index is 787. The Morgan fingerprint density at radius 1 is 1.16 bits per heavy atom. The van der Waals surface area contributed by atoms with Gasteiger partial charge in [0.25, 0.3) is 5.91 Å². The molecule has 2 aromatic rings. The normalized spacial score (nSPS) is 25.1. The van der Waals surface area contributed by atoms with Crippen molar-refractivity contribution in [2.75, 3.05) is 19.6 Å². The smallest absolute Gasteiger partial charge is 0.261 e. The van der Waals surface area contributed by atoms with E-state index in [1.54, 1.807) is 17.8 Å². The van der Waals surface area contributed by atoms with E-state index in [9.17, 15) is 4.79 Å². The number of nitrogens with one attached hydrogen (secondary N) is 1. The fourth-order valence-electron chi connectivity index (χ4n) is 3.52. The second-order valence-corrected chi connectivity index (χ2v) is 9.79. The van der Waals surface area contributed by atoms with Crippen LogP contribution < -0.4 is 5.32 Å². The lowest BCUT2D eigenvalue weighted by atomic mass is 9.84. The molecule has 1 aromatic heterocycles. The molecule has 0 spiro atoms. The maximum absolute atomic E-state index is 12.6. The van der Waals surface area contributed by atoms with Crippen LogP contribution in [0.15, 0.2) is 39.4 Å². The molecule has 0 aliphatic carbocycles. The first-order valence-electron chi connectivity index (χ1n) is 8.34. The largest absolute Gasteiger partial charge is 0.347 e. The summed E-state index contributed by atoms with van der Waals surface area (Å²) in [6.45, 7) is 3.35. The third-order valence-electron chi connectivity index (χ3n) is 4.89. The molecule has 25 heavy (non-hydrogen) atoms. The summed E-state index contributed by atoms with van der Waals surface area (Å²) in [6.07, 6.45) is 2.40. The number of carbonyl (C=O) groups excluding carboxylic acids is 1. The highest BCUT2D eigenvalue weighted by atomic mass is 35.5. The highest BCUT2D eigenvalue weighted by molar-refractivity contribution is 8.01. The molecule has 132 valence electrons. The number of piperidine rings is 3. The van der Waals surface area contributed by atoms with Crippen molar-refractivity contribution in [1.29, 1.82) is 0 Å². The van der Waals surface area contributed by atoms with Gasteiger partial charge in [-0.1, -0.05) is 35.0 Å². The number of nitrogens with zero attached hydrogens (tertiary/aromatic N) is 1. The number of halogens is 2. The van der Waals surface area contributed by atoms with Crippen LogP contribution in [0.2, 0.25) is 10.0 Å². The lowest BCUT2D eigenvalue weighted by molar-refractivity contribution is 0.0622. The van der Waals surface area contributed by atoms with Crippen LogP contribution in [-0.4, -0.2) is 36.5 Å². The summed E-state index contributed by atoms with van der Waals surface area (Å²) in [5, 5.41) is 4.34. The van der Waals surface area contributed by atoms with E-state index in [-0.39, 0.29) is 5.91 Å². The Labute approximate surface area is 165 Å². The number of amides is 1. The molecule has 1 N–H and O–H groups in total. The Morgan fingerprint density at radius 3 is 2.64 bits per heavy atom. The fourth-order valence-corrected chi connectivity index (χ4v) is 5.93. The van der Waals surface area contributed by atoms with Crippen molar-refractivity contribution in [3.8, 4) is 0 Å². The first-order valence-corrected chi connectivity index (χ1v) is 10.7. The molecular weight excluding hydrogens is 395 g/mol. The fraction of sp³-hybridized carbons (Fsp3) is 0.389. The number of fused-ring (bicyclic) bond motifs is 3. The van der Waals surface area contributed by atoms with Crippen LogP contribution in [0.5, 0.6) is 0 Å². The summed E-state index contributed by atoms with van der Waals surface area (Å²) in [5.74, 6) is 0.684. The molecule has 4 heterocycles. The molecule has 3 nitrogen and oxygen atoms in total. The van der Waals surface area contributed by atoms with Crippen molar-refractivity contribution in [3.05, 3.63) is 45.3 Å². The third kappa shape index (κ3) is 4.01. The second-order valence-electron chi connectivity index (χ2n) is 6.51. The molecule has 3 saturated heterocycles. The molecule has 3 fully saturated rings. The monoisotopic (exact) mass is 412 g/mol. The summed E-state index contributed by atoms with van der Waals surface area (Å²) in [6, 6.07) is 9.77. The summed E-state index contributed by atoms with van der Waals surface area (Å²) in [4.78, 5) is 16.8.